The van der Waals surface area contributed by atoms with Crippen molar-refractivity contribution < 1.29 is 18.9 Å². The molecule has 0 unspecified atom stereocenters. The number of hydrogen-bond acceptors (Lipinski definition) is 8. The minimum atomic E-state index is -0.688. The van der Waals surface area contributed by atoms with E-state index in [0.717, 1.165) is 11.3 Å². The van der Waals surface area contributed by atoms with E-state index in [0.29, 0.717) is 22.7 Å². The van der Waals surface area contributed by atoms with Crippen molar-refractivity contribution >= 4 is 40.3 Å². The molecule has 2 aromatic heterocycles. The number of ether oxygens (including phenoxy) is 1. The highest BCUT2D eigenvalue weighted by Gasteiger charge is 2.19. The van der Waals surface area contributed by atoms with Crippen LogP contribution >= 0.6 is 11.3 Å². The summed E-state index contributed by atoms with van der Waals surface area (Å²) in [6, 6.07) is 26.5. The van der Waals surface area contributed by atoms with Crippen molar-refractivity contribution in [3.05, 3.63) is 126 Å². The lowest BCUT2D eigenvalue weighted by Gasteiger charge is -2.06. The highest BCUT2D eigenvalue weighted by molar-refractivity contribution is 7.07. The number of hydrogen-bond donors (Lipinski definition) is 1. The predicted octanol–water partition coefficient (Wildman–Crippen LogP) is 4.22. The van der Waals surface area contributed by atoms with Crippen molar-refractivity contribution in [2.45, 2.75) is 0 Å². The third-order valence-corrected chi connectivity index (χ3v) is 7.10. The van der Waals surface area contributed by atoms with Gasteiger partial charge in [0.25, 0.3) is 17.2 Å². The zero-order chi connectivity index (χ0) is 28.9. The number of furan rings is 1. The normalized spacial score (nSPS) is 12.0. The third-order valence-electron chi connectivity index (χ3n) is 6.00. The third kappa shape index (κ3) is 5.54. The summed E-state index contributed by atoms with van der Waals surface area (Å²) in [4.78, 5) is 37.8. The van der Waals surface area contributed by atoms with Crippen molar-refractivity contribution in [2.75, 3.05) is 12.4 Å². The number of anilines is 1. The van der Waals surface area contributed by atoms with Crippen LogP contribution in [0.3, 0.4) is 0 Å². The maximum Gasteiger partial charge on any atom is 0.280 e. The first-order chi connectivity index (χ1) is 19.9. The fraction of sp³-hybridized carbons (Fsp3) is 0.0333. The zero-order valence-corrected chi connectivity index (χ0v) is 22.3. The largest absolute Gasteiger partial charge is 0.497 e. The van der Waals surface area contributed by atoms with E-state index < -0.39 is 16.4 Å². The number of amides is 1. The Morgan fingerprint density at radius 3 is 2.44 bits per heavy atom. The molecular weight excluding hydrogens is 544 g/mol. The van der Waals surface area contributed by atoms with Gasteiger partial charge < -0.3 is 14.5 Å². The molecule has 0 spiro atoms. The predicted molar refractivity (Wildman–Crippen MR) is 154 cm³/mol. The quantitative estimate of drug-likeness (QED) is 0.231. The van der Waals surface area contributed by atoms with Crippen LogP contribution in [0.5, 0.6) is 5.75 Å². The number of nitro benzene ring substituents is 1. The first kappa shape index (κ1) is 26.9. The van der Waals surface area contributed by atoms with E-state index in [1.54, 1.807) is 84.9 Å². The van der Waals surface area contributed by atoms with Gasteiger partial charge in [0.05, 0.1) is 27.8 Å². The molecule has 11 heteroatoms. The van der Waals surface area contributed by atoms with Crippen molar-refractivity contribution in [1.82, 2.24) is 4.57 Å². The Balaban J connectivity index is 1.64. The molecule has 0 aliphatic rings. The van der Waals surface area contributed by atoms with Gasteiger partial charge in [0.15, 0.2) is 5.57 Å². The van der Waals surface area contributed by atoms with Gasteiger partial charge in [0, 0.05) is 17.8 Å². The van der Waals surface area contributed by atoms with Gasteiger partial charge in [-0.3, -0.25) is 24.3 Å². The van der Waals surface area contributed by atoms with Crippen LogP contribution in [0.25, 0.3) is 28.7 Å². The molecule has 0 bridgehead atoms. The molecule has 202 valence electrons. The number of nitro groups is 1. The van der Waals surface area contributed by atoms with Gasteiger partial charge in [0.2, 0.25) is 0 Å². The summed E-state index contributed by atoms with van der Waals surface area (Å²) in [6.07, 6.45) is 1.48. The molecule has 0 saturated heterocycles. The molecule has 0 atom stereocenters. The lowest BCUT2D eigenvalue weighted by molar-refractivity contribution is -0.384. The first-order valence-electron chi connectivity index (χ1n) is 12.1. The van der Waals surface area contributed by atoms with Crippen LogP contribution in [-0.4, -0.2) is 22.5 Å². The van der Waals surface area contributed by atoms with Crippen molar-refractivity contribution in [3.8, 4) is 28.8 Å². The van der Waals surface area contributed by atoms with Gasteiger partial charge in [0.1, 0.15) is 28.0 Å². The van der Waals surface area contributed by atoms with Crippen LogP contribution < -0.4 is 24.8 Å². The van der Waals surface area contributed by atoms with Crippen LogP contribution in [-0.2, 0) is 4.79 Å². The number of carbonyl (C=O) groups is 1. The van der Waals surface area contributed by atoms with Gasteiger partial charge in [-0.1, -0.05) is 30.3 Å². The van der Waals surface area contributed by atoms with Crippen molar-refractivity contribution in [1.29, 1.82) is 5.26 Å². The minimum absolute atomic E-state index is 0.116. The number of methoxy groups -OCH3 is 1. The average molecular weight is 565 g/mol. The first-order valence-corrected chi connectivity index (χ1v) is 12.9. The maximum absolute atomic E-state index is 13.6. The fourth-order valence-corrected chi connectivity index (χ4v) is 5.15. The second-order valence-corrected chi connectivity index (χ2v) is 9.57. The molecule has 0 aliphatic carbocycles. The Kier molecular flexibility index (Phi) is 7.58. The van der Waals surface area contributed by atoms with Crippen LogP contribution in [0.1, 0.15) is 5.76 Å². The number of para-hydroxylation sites is 2. The highest BCUT2D eigenvalue weighted by atomic mass is 32.1. The summed E-state index contributed by atoms with van der Waals surface area (Å²) in [5, 5.41) is 24.2. The van der Waals surface area contributed by atoms with Crippen LogP contribution in [0.15, 0.2) is 100 Å². The molecule has 5 aromatic rings. The van der Waals surface area contributed by atoms with Crippen molar-refractivity contribution in [2.24, 2.45) is 0 Å². The molecular formula is C30H20N4O6S. The Morgan fingerprint density at radius 2 is 1.76 bits per heavy atom. The van der Waals surface area contributed by atoms with Crippen molar-refractivity contribution in [3.63, 3.8) is 0 Å². The molecule has 41 heavy (non-hydrogen) atoms. The smallest absolute Gasteiger partial charge is 0.280 e. The van der Waals surface area contributed by atoms with Gasteiger partial charge in [-0.2, -0.15) is 5.26 Å². The van der Waals surface area contributed by atoms with Crippen LogP contribution in [0.4, 0.5) is 11.4 Å². The Labute approximate surface area is 236 Å². The summed E-state index contributed by atoms with van der Waals surface area (Å²) in [5.41, 5.74) is 0.360. The van der Waals surface area contributed by atoms with E-state index in [1.165, 1.54) is 23.8 Å². The molecule has 2 heterocycles. The molecule has 0 saturated carbocycles. The Bertz CT molecular complexity index is 1980. The summed E-state index contributed by atoms with van der Waals surface area (Å²) in [7, 11) is 1.53. The van der Waals surface area contributed by atoms with Gasteiger partial charge >= 0.3 is 0 Å². The SMILES string of the molecule is COc1ccc(NC(=O)/C(C#N)=c2/s/c(=C/c3ccc(-c4ccccc4[N+](=O)[O-])o3)c(=O)n2-c2ccccc2)cc1. The molecule has 0 radical (unpaired) electrons. The monoisotopic (exact) mass is 564 g/mol. The summed E-state index contributed by atoms with van der Waals surface area (Å²) in [5.74, 6) is 0.440. The molecule has 1 amide bonds. The highest BCUT2D eigenvalue weighted by Crippen LogP contribution is 2.31. The van der Waals surface area contributed by atoms with E-state index in [4.69, 9.17) is 9.15 Å². The second-order valence-electron chi connectivity index (χ2n) is 8.54. The van der Waals surface area contributed by atoms with E-state index in [-0.39, 0.29) is 32.0 Å². The summed E-state index contributed by atoms with van der Waals surface area (Å²) in [6.45, 7) is 0. The second kappa shape index (κ2) is 11.6. The maximum atomic E-state index is 13.6. The molecule has 0 aliphatic heterocycles. The molecule has 10 nitrogen and oxygen atoms in total. The number of thiazole rings is 1. The number of carbonyl (C=O) groups excluding carboxylic acids is 1. The molecule has 5 rings (SSSR count). The number of nitriles is 1. The number of nitrogens with one attached hydrogen (secondary N) is 1. The summed E-state index contributed by atoms with van der Waals surface area (Å²) < 4.78 is 12.6. The number of benzene rings is 3. The van der Waals surface area contributed by atoms with E-state index in [1.807, 2.05) is 6.07 Å². The molecule has 3 aromatic carbocycles. The van der Waals surface area contributed by atoms with Gasteiger partial charge in [-0.25, -0.2) is 0 Å². The lowest BCUT2D eigenvalue weighted by Crippen LogP contribution is -2.32. The number of rotatable bonds is 7. The number of nitrogens with zero attached hydrogens (tertiary/aromatic N) is 3. The lowest BCUT2D eigenvalue weighted by atomic mass is 10.1. The van der Waals surface area contributed by atoms with Crippen LogP contribution in [0, 0.1) is 21.4 Å². The minimum Gasteiger partial charge on any atom is -0.497 e. The average Bonchev–Trinajstić information content (AvgIpc) is 3.58. The van der Waals surface area contributed by atoms with Gasteiger partial charge in [-0.05, 0) is 54.6 Å². The van der Waals surface area contributed by atoms with E-state index in [2.05, 4.69) is 5.32 Å². The fourth-order valence-electron chi connectivity index (χ4n) is 4.07. The molecule has 0 fully saturated rings. The van der Waals surface area contributed by atoms with E-state index in [9.17, 15) is 25.0 Å². The number of aromatic nitrogens is 1. The molecule has 1 N–H and O–H groups in total. The zero-order valence-electron chi connectivity index (χ0n) is 21.4. The van der Waals surface area contributed by atoms with E-state index >= 15 is 0 Å². The topological polar surface area (TPSA) is 140 Å². The van der Waals surface area contributed by atoms with Gasteiger partial charge in [-0.15, -0.1) is 11.3 Å². The van der Waals surface area contributed by atoms with Crippen LogP contribution in [0.2, 0.25) is 0 Å². The standard InChI is InChI=1S/C30H20N4O6S/c1-39-21-13-11-19(12-14-21)32-28(35)24(18-31)30-33(20-7-3-2-4-8-20)29(36)27(41-30)17-22-15-16-26(40-22)23-9-5-6-10-25(23)34(37)38/h2-17H,1H3,(H,32,35)/b27-17+,30-24+. The Morgan fingerprint density at radius 1 is 1.05 bits per heavy atom. The Hall–Kier alpha value is -5.73. The summed E-state index contributed by atoms with van der Waals surface area (Å²) >= 11 is 0.953.